The van der Waals surface area contributed by atoms with Gasteiger partial charge in [0.15, 0.2) is 7.14 Å². The minimum atomic E-state index is -3.26. The van der Waals surface area contributed by atoms with E-state index >= 15 is 4.57 Å². The van der Waals surface area contributed by atoms with Crippen molar-refractivity contribution in [2.24, 2.45) is 0 Å². The van der Waals surface area contributed by atoms with E-state index in [1.165, 1.54) is 0 Å². The third kappa shape index (κ3) is 4.99. The number of nitrogens with zero attached hydrogens (tertiary/aromatic N) is 4. The van der Waals surface area contributed by atoms with Crippen molar-refractivity contribution in [3.63, 3.8) is 0 Å². The second kappa shape index (κ2) is 12.3. The molecule has 0 atom stereocenters. The molecule has 0 fully saturated rings. The highest BCUT2D eigenvalue weighted by Gasteiger charge is 2.30. The molecule has 9 aromatic rings. The van der Waals surface area contributed by atoms with Crippen molar-refractivity contribution in [2.45, 2.75) is 0 Å². The van der Waals surface area contributed by atoms with Crippen LogP contribution in [0.15, 0.2) is 188 Å². The van der Waals surface area contributed by atoms with Gasteiger partial charge in [-0.15, -0.1) is 0 Å². The fraction of sp³-hybridized carbons (Fsp3) is 0. The lowest BCUT2D eigenvalue weighted by Crippen LogP contribution is -2.25. The molecule has 0 saturated carbocycles. The third-order valence-electron chi connectivity index (χ3n) is 9.25. The van der Waals surface area contributed by atoms with Crippen LogP contribution in [0.4, 0.5) is 0 Å². The molecule has 7 aromatic carbocycles. The topological polar surface area (TPSA) is 52.7 Å². The van der Waals surface area contributed by atoms with Crippen LogP contribution in [0.2, 0.25) is 0 Å². The van der Waals surface area contributed by atoms with E-state index in [2.05, 4.69) is 69.8 Å². The second-order valence-electron chi connectivity index (χ2n) is 12.2. The van der Waals surface area contributed by atoms with Gasteiger partial charge in [0.25, 0.3) is 0 Å². The molecule has 2 aromatic heterocycles. The number of rotatable bonds is 7. The van der Waals surface area contributed by atoms with E-state index in [0.717, 1.165) is 72.1 Å². The van der Waals surface area contributed by atoms with Crippen molar-refractivity contribution in [3.05, 3.63) is 188 Å². The second-order valence-corrected chi connectivity index (χ2v) is 15.0. The van der Waals surface area contributed by atoms with E-state index in [0.29, 0.717) is 0 Å². The van der Waals surface area contributed by atoms with Crippen LogP contribution in [-0.2, 0) is 4.57 Å². The molecule has 0 bridgehead atoms. The number of hydrogen-bond acceptors (Lipinski definition) is 3. The summed E-state index contributed by atoms with van der Waals surface area (Å²) in [4.78, 5) is 10.0. The van der Waals surface area contributed by atoms with Gasteiger partial charge in [0.1, 0.15) is 11.6 Å². The van der Waals surface area contributed by atoms with Gasteiger partial charge >= 0.3 is 0 Å². The molecule has 6 heteroatoms. The maximum atomic E-state index is 15.6. The first-order chi connectivity index (χ1) is 24.7. The Balaban J connectivity index is 1.16. The number of benzene rings is 7. The Bertz CT molecular complexity index is 2480. The van der Waals surface area contributed by atoms with E-state index in [1.807, 2.05) is 127 Å². The summed E-state index contributed by atoms with van der Waals surface area (Å²) in [7, 11) is -3.26. The number of para-hydroxylation sites is 4. The van der Waals surface area contributed by atoms with Crippen molar-refractivity contribution >= 4 is 45.1 Å². The molecule has 0 spiro atoms. The lowest BCUT2D eigenvalue weighted by molar-refractivity contribution is 0.592. The molecule has 0 aliphatic heterocycles. The molecule has 5 nitrogen and oxygen atoms in total. The van der Waals surface area contributed by atoms with Crippen LogP contribution in [0.5, 0.6) is 0 Å². The standard InChI is InChI=1S/C44H31N4OP/c49-50(36-18-8-3-9-19-36,37-28-24-34(25-29-37)47-41-22-12-10-20-39(41)45-43(47)32-14-4-1-5-15-32)38-30-26-35(27-31-38)48-42-23-13-11-21-40(42)46-44(48)33-16-6-2-7-17-33/h1-31H. The zero-order valence-electron chi connectivity index (χ0n) is 27.0. The van der Waals surface area contributed by atoms with E-state index in [1.54, 1.807) is 0 Å². The van der Waals surface area contributed by atoms with Gasteiger partial charge in [0.05, 0.1) is 22.1 Å². The highest BCUT2D eigenvalue weighted by Crippen LogP contribution is 2.43. The normalized spacial score (nSPS) is 11.7. The number of aromatic nitrogens is 4. The van der Waals surface area contributed by atoms with Crippen LogP contribution in [0.25, 0.3) is 56.2 Å². The van der Waals surface area contributed by atoms with Crippen LogP contribution in [0.3, 0.4) is 0 Å². The number of imidazole rings is 2. The molecular weight excluding hydrogens is 631 g/mol. The zero-order valence-corrected chi connectivity index (χ0v) is 27.9. The Morgan fingerprint density at radius 3 is 1.12 bits per heavy atom. The summed E-state index contributed by atoms with van der Waals surface area (Å²) in [6.45, 7) is 0. The molecule has 0 aliphatic carbocycles. The lowest BCUT2D eigenvalue weighted by atomic mass is 10.2. The molecule has 238 valence electrons. The average Bonchev–Trinajstić information content (AvgIpc) is 3.78. The van der Waals surface area contributed by atoms with E-state index in [-0.39, 0.29) is 0 Å². The molecule has 0 aliphatic rings. The fourth-order valence-electron chi connectivity index (χ4n) is 6.84. The van der Waals surface area contributed by atoms with Gasteiger partial charge in [-0.2, -0.15) is 0 Å². The predicted molar refractivity (Wildman–Crippen MR) is 206 cm³/mol. The Labute approximate surface area is 290 Å². The van der Waals surface area contributed by atoms with Gasteiger partial charge < -0.3 is 4.57 Å². The molecule has 0 amide bonds. The molecule has 0 unspecified atom stereocenters. The minimum Gasteiger partial charge on any atom is -0.309 e. The smallest absolute Gasteiger partial charge is 0.171 e. The molecule has 0 saturated heterocycles. The van der Waals surface area contributed by atoms with Crippen molar-refractivity contribution in [1.82, 2.24) is 19.1 Å². The highest BCUT2D eigenvalue weighted by atomic mass is 31.2. The van der Waals surface area contributed by atoms with Crippen LogP contribution in [0.1, 0.15) is 0 Å². The first-order valence-electron chi connectivity index (χ1n) is 16.6. The summed E-state index contributed by atoms with van der Waals surface area (Å²) in [5.74, 6) is 1.73. The first-order valence-corrected chi connectivity index (χ1v) is 18.3. The average molecular weight is 663 g/mol. The van der Waals surface area contributed by atoms with Crippen LogP contribution in [-0.4, -0.2) is 19.1 Å². The molecule has 0 N–H and O–H groups in total. The largest absolute Gasteiger partial charge is 0.309 e. The maximum absolute atomic E-state index is 15.6. The lowest BCUT2D eigenvalue weighted by Gasteiger charge is -2.21. The zero-order chi connectivity index (χ0) is 33.5. The maximum Gasteiger partial charge on any atom is 0.171 e. The van der Waals surface area contributed by atoms with E-state index in [9.17, 15) is 0 Å². The Morgan fingerprint density at radius 1 is 0.360 bits per heavy atom. The van der Waals surface area contributed by atoms with Gasteiger partial charge in [-0.25, -0.2) is 9.97 Å². The van der Waals surface area contributed by atoms with Gasteiger partial charge in [0, 0.05) is 38.4 Å². The van der Waals surface area contributed by atoms with Crippen LogP contribution in [0, 0.1) is 0 Å². The summed E-state index contributed by atoms with van der Waals surface area (Å²) in [6, 6.07) is 62.9. The summed E-state index contributed by atoms with van der Waals surface area (Å²) in [5.41, 5.74) is 7.85. The molecule has 0 radical (unpaired) electrons. The monoisotopic (exact) mass is 662 g/mol. The number of hydrogen-bond donors (Lipinski definition) is 0. The summed E-state index contributed by atoms with van der Waals surface area (Å²) in [5, 5.41) is 2.32. The first kappa shape index (κ1) is 29.8. The van der Waals surface area contributed by atoms with Crippen molar-refractivity contribution < 1.29 is 4.57 Å². The summed E-state index contributed by atoms with van der Waals surface area (Å²) >= 11 is 0. The van der Waals surface area contributed by atoms with Crippen molar-refractivity contribution in [2.75, 3.05) is 0 Å². The van der Waals surface area contributed by atoms with Gasteiger partial charge in [-0.1, -0.05) is 115 Å². The summed E-state index contributed by atoms with van der Waals surface area (Å²) < 4.78 is 19.9. The van der Waals surface area contributed by atoms with Crippen LogP contribution >= 0.6 is 7.14 Å². The third-order valence-corrected chi connectivity index (χ3v) is 12.3. The highest BCUT2D eigenvalue weighted by molar-refractivity contribution is 7.85. The SMILES string of the molecule is O=P(c1ccccc1)(c1ccc(-n2c(-c3ccccc3)nc3ccccc32)cc1)c1ccc(-n2c(-c3ccccc3)nc3ccccc32)cc1. The van der Waals surface area contributed by atoms with Gasteiger partial charge in [0.2, 0.25) is 0 Å². The molecule has 2 heterocycles. The molecule has 50 heavy (non-hydrogen) atoms. The van der Waals surface area contributed by atoms with Crippen LogP contribution < -0.4 is 15.9 Å². The Morgan fingerprint density at radius 2 is 0.700 bits per heavy atom. The minimum absolute atomic E-state index is 0.768. The van der Waals surface area contributed by atoms with Gasteiger partial charge in [-0.3, -0.25) is 9.13 Å². The quantitative estimate of drug-likeness (QED) is 0.160. The van der Waals surface area contributed by atoms with E-state index in [4.69, 9.17) is 9.97 Å². The summed E-state index contributed by atoms with van der Waals surface area (Å²) in [6.07, 6.45) is 0. The Hall–Kier alpha value is -6.29. The molecule has 9 rings (SSSR count). The van der Waals surface area contributed by atoms with Gasteiger partial charge in [-0.05, 0) is 72.8 Å². The fourth-order valence-corrected chi connectivity index (χ4v) is 9.47. The Kier molecular flexibility index (Phi) is 7.34. The van der Waals surface area contributed by atoms with E-state index < -0.39 is 7.14 Å². The molecular formula is C44H31N4OP. The van der Waals surface area contributed by atoms with Crippen molar-refractivity contribution in [3.8, 4) is 34.2 Å². The predicted octanol–water partition coefficient (Wildman–Crippen LogP) is 9.34. The van der Waals surface area contributed by atoms with Crippen molar-refractivity contribution in [1.29, 1.82) is 0 Å². The number of fused-ring (bicyclic) bond motifs is 2.